The predicted octanol–water partition coefficient (Wildman–Crippen LogP) is 3.74. The van der Waals surface area contributed by atoms with Gasteiger partial charge in [0, 0.05) is 16.3 Å². The maximum absolute atomic E-state index is 12.0. The lowest BCUT2D eigenvalue weighted by Gasteiger charge is -2.08. The number of carbonyl (C=O) groups excluding carboxylic acids is 1. The van der Waals surface area contributed by atoms with Crippen molar-refractivity contribution >= 4 is 39.9 Å². The number of benzene rings is 1. The summed E-state index contributed by atoms with van der Waals surface area (Å²) >= 11 is 3.09. The van der Waals surface area contributed by atoms with Gasteiger partial charge < -0.3 is 14.8 Å². The molecule has 4 rings (SSSR count). The molecule has 1 aliphatic heterocycles. The molecule has 1 N–H and O–H groups in total. The van der Waals surface area contributed by atoms with Gasteiger partial charge in [0.05, 0.1) is 17.8 Å². The summed E-state index contributed by atoms with van der Waals surface area (Å²) in [5, 5.41) is 6.80. The van der Waals surface area contributed by atoms with E-state index >= 15 is 0 Å². The number of carbonyl (C=O) groups is 1. The molecule has 2 aromatic heterocycles. The lowest BCUT2D eigenvalue weighted by Crippen LogP contribution is -2.24. The Bertz CT molecular complexity index is 926. The minimum Gasteiger partial charge on any atom is -0.454 e. The second-order valence-electron chi connectivity index (χ2n) is 5.65. The summed E-state index contributed by atoms with van der Waals surface area (Å²) in [5.74, 6) is 1.82. The molecule has 0 fully saturated rings. The van der Waals surface area contributed by atoms with E-state index in [-0.39, 0.29) is 12.7 Å². The summed E-state index contributed by atoms with van der Waals surface area (Å²) in [4.78, 5) is 17.9. The molecule has 25 heavy (non-hydrogen) atoms. The Morgan fingerprint density at radius 3 is 2.96 bits per heavy atom. The van der Waals surface area contributed by atoms with Crippen molar-refractivity contribution in [3.63, 3.8) is 0 Å². The molecule has 0 saturated carbocycles. The van der Waals surface area contributed by atoms with E-state index in [1.807, 2.05) is 36.6 Å². The molecule has 0 spiro atoms. The van der Waals surface area contributed by atoms with Crippen LogP contribution >= 0.6 is 23.1 Å². The number of aryl methyl sites for hydroxylation is 1. The van der Waals surface area contributed by atoms with Gasteiger partial charge in [-0.3, -0.25) is 4.79 Å². The zero-order valence-electron chi connectivity index (χ0n) is 13.6. The summed E-state index contributed by atoms with van der Waals surface area (Å²) in [6.07, 6.45) is 0. The molecular weight excluding hydrogens is 356 g/mol. The lowest BCUT2D eigenvalue weighted by molar-refractivity contribution is -0.118. The highest BCUT2D eigenvalue weighted by Crippen LogP contribution is 2.36. The van der Waals surface area contributed by atoms with E-state index in [0.717, 1.165) is 32.1 Å². The van der Waals surface area contributed by atoms with Gasteiger partial charge in [-0.25, -0.2) is 4.98 Å². The minimum atomic E-state index is 0.00498. The molecular formula is C18H16N2O3S2. The van der Waals surface area contributed by atoms with Crippen molar-refractivity contribution in [1.29, 1.82) is 0 Å². The zero-order valence-corrected chi connectivity index (χ0v) is 15.2. The first-order chi connectivity index (χ1) is 12.2. The number of ether oxygens (including phenoxy) is 2. The first-order valence-electron chi connectivity index (χ1n) is 7.82. The van der Waals surface area contributed by atoms with E-state index in [9.17, 15) is 4.79 Å². The van der Waals surface area contributed by atoms with Crippen molar-refractivity contribution in [3.05, 3.63) is 46.2 Å². The number of aromatic nitrogens is 1. The monoisotopic (exact) mass is 372 g/mol. The Hall–Kier alpha value is -2.25. The summed E-state index contributed by atoms with van der Waals surface area (Å²) in [6, 6.07) is 9.89. The van der Waals surface area contributed by atoms with Crippen LogP contribution in [0.4, 0.5) is 0 Å². The van der Waals surface area contributed by atoms with Crippen molar-refractivity contribution in [3.8, 4) is 11.5 Å². The number of rotatable bonds is 5. The van der Waals surface area contributed by atoms with Crippen LogP contribution in [-0.2, 0) is 11.3 Å². The van der Waals surface area contributed by atoms with Gasteiger partial charge >= 0.3 is 0 Å². The highest BCUT2D eigenvalue weighted by atomic mass is 32.2. The van der Waals surface area contributed by atoms with Gasteiger partial charge in [0.25, 0.3) is 0 Å². The van der Waals surface area contributed by atoms with Crippen molar-refractivity contribution < 1.29 is 14.3 Å². The fourth-order valence-corrected chi connectivity index (χ4v) is 4.05. The fraction of sp³-hybridized carbons (Fsp3) is 0.222. The third kappa shape index (κ3) is 3.57. The Morgan fingerprint density at radius 1 is 1.32 bits per heavy atom. The summed E-state index contributed by atoms with van der Waals surface area (Å²) in [5.41, 5.74) is 1.89. The van der Waals surface area contributed by atoms with Crippen LogP contribution in [0.5, 0.6) is 11.5 Å². The molecule has 1 amide bonds. The quantitative estimate of drug-likeness (QED) is 0.692. The highest BCUT2D eigenvalue weighted by Gasteiger charge is 2.16. The molecule has 5 nitrogen and oxygen atoms in total. The maximum atomic E-state index is 12.0. The van der Waals surface area contributed by atoms with Crippen molar-refractivity contribution in [2.75, 3.05) is 12.5 Å². The molecule has 3 heterocycles. The van der Waals surface area contributed by atoms with E-state index < -0.39 is 0 Å². The van der Waals surface area contributed by atoms with Crippen LogP contribution < -0.4 is 14.8 Å². The van der Waals surface area contributed by atoms with Gasteiger partial charge in [-0.05, 0) is 36.1 Å². The van der Waals surface area contributed by atoms with E-state index in [0.29, 0.717) is 18.0 Å². The van der Waals surface area contributed by atoms with Gasteiger partial charge in [0.2, 0.25) is 12.7 Å². The molecule has 0 unspecified atom stereocenters. The van der Waals surface area contributed by atoms with E-state index in [4.69, 9.17) is 9.47 Å². The second kappa shape index (κ2) is 6.93. The number of thioether (sulfide) groups is 1. The molecule has 1 aromatic carbocycles. The predicted molar refractivity (Wildman–Crippen MR) is 99.5 cm³/mol. The van der Waals surface area contributed by atoms with E-state index in [1.54, 1.807) is 11.3 Å². The molecule has 0 saturated heterocycles. The standard InChI is InChI=1S/C18H16N2O3S2/c1-11-5-12-6-15-16(23-10-22-15)7-14(12)20-18(11)25-9-17(21)19-8-13-3-2-4-24-13/h2-7H,8-10H2,1H3,(H,19,21). The Kier molecular flexibility index (Phi) is 4.50. The largest absolute Gasteiger partial charge is 0.454 e. The van der Waals surface area contributed by atoms with Crippen molar-refractivity contribution in [2.24, 2.45) is 0 Å². The van der Waals surface area contributed by atoms with Crippen molar-refractivity contribution in [1.82, 2.24) is 10.3 Å². The van der Waals surface area contributed by atoms with E-state index in [1.165, 1.54) is 11.8 Å². The summed E-state index contributed by atoms with van der Waals surface area (Å²) < 4.78 is 10.8. The number of amides is 1. The Morgan fingerprint density at radius 2 is 2.16 bits per heavy atom. The number of pyridine rings is 1. The van der Waals surface area contributed by atoms with Gasteiger partial charge in [0.15, 0.2) is 11.5 Å². The first kappa shape index (κ1) is 16.2. The number of nitrogens with zero attached hydrogens (tertiary/aromatic N) is 1. The van der Waals surface area contributed by atoms with Crippen LogP contribution in [0.2, 0.25) is 0 Å². The second-order valence-corrected chi connectivity index (χ2v) is 7.65. The summed E-state index contributed by atoms with van der Waals surface area (Å²) in [6.45, 7) is 2.82. The van der Waals surface area contributed by atoms with Gasteiger partial charge in [-0.2, -0.15) is 0 Å². The Balaban J connectivity index is 1.44. The van der Waals surface area contributed by atoms with Crippen LogP contribution in [0, 0.1) is 6.92 Å². The van der Waals surface area contributed by atoms with Crippen LogP contribution in [0.1, 0.15) is 10.4 Å². The summed E-state index contributed by atoms with van der Waals surface area (Å²) in [7, 11) is 0. The smallest absolute Gasteiger partial charge is 0.231 e. The maximum Gasteiger partial charge on any atom is 0.231 e. The molecule has 7 heteroatoms. The number of thiophene rings is 1. The molecule has 0 aliphatic carbocycles. The average molecular weight is 372 g/mol. The molecule has 0 bridgehead atoms. The molecule has 128 valence electrons. The average Bonchev–Trinajstić information content (AvgIpc) is 3.27. The van der Waals surface area contributed by atoms with Gasteiger partial charge in [-0.15, -0.1) is 11.3 Å². The van der Waals surface area contributed by atoms with Crippen LogP contribution in [0.25, 0.3) is 10.9 Å². The zero-order chi connectivity index (χ0) is 17.2. The van der Waals surface area contributed by atoms with Crippen LogP contribution in [0.3, 0.4) is 0 Å². The SMILES string of the molecule is Cc1cc2cc3c(cc2nc1SCC(=O)NCc1cccs1)OCO3. The third-order valence-corrected chi connectivity index (χ3v) is 5.80. The van der Waals surface area contributed by atoms with Crippen LogP contribution in [0.15, 0.2) is 40.7 Å². The number of hydrogen-bond acceptors (Lipinski definition) is 6. The molecule has 0 atom stereocenters. The number of hydrogen-bond donors (Lipinski definition) is 1. The van der Waals surface area contributed by atoms with Crippen molar-refractivity contribution in [2.45, 2.75) is 18.5 Å². The third-order valence-electron chi connectivity index (χ3n) is 3.83. The Labute approximate surface area is 153 Å². The minimum absolute atomic E-state index is 0.00498. The fourth-order valence-electron chi connectivity index (χ4n) is 2.58. The topological polar surface area (TPSA) is 60.5 Å². The normalized spacial score (nSPS) is 12.5. The highest BCUT2D eigenvalue weighted by molar-refractivity contribution is 7.99. The number of nitrogens with one attached hydrogen (secondary N) is 1. The number of fused-ring (bicyclic) bond motifs is 2. The molecule has 0 radical (unpaired) electrons. The van der Waals surface area contributed by atoms with E-state index in [2.05, 4.69) is 16.4 Å². The van der Waals surface area contributed by atoms with Gasteiger partial charge in [0.1, 0.15) is 5.03 Å². The molecule has 1 aliphatic rings. The first-order valence-corrected chi connectivity index (χ1v) is 9.68. The van der Waals surface area contributed by atoms with Crippen LogP contribution in [-0.4, -0.2) is 23.4 Å². The molecule has 3 aromatic rings. The van der Waals surface area contributed by atoms with Gasteiger partial charge in [-0.1, -0.05) is 17.8 Å². The lowest BCUT2D eigenvalue weighted by atomic mass is 10.1.